The molecular weight excluding hydrogens is 146 g/mol. The average Bonchev–Trinajstić information content (AvgIpc) is 2.59. The van der Waals surface area contributed by atoms with Crippen molar-refractivity contribution in [2.24, 2.45) is 0 Å². The highest BCUT2D eigenvalue weighted by atomic mass is 14.7. The molecule has 0 aromatic carbocycles. The van der Waals surface area contributed by atoms with Gasteiger partial charge in [0, 0.05) is 18.3 Å². The molecule has 12 heavy (non-hydrogen) atoms. The minimum atomic E-state index is 0.970. The Bertz CT molecular complexity index is 309. The van der Waals surface area contributed by atoms with Gasteiger partial charge in [-0.05, 0) is 24.1 Å². The smallest absolute Gasteiger partial charge is 0.0447 e. The molecule has 0 bridgehead atoms. The molecule has 0 fully saturated rings. The molecule has 0 N–H and O–H groups in total. The molecule has 60 valence electrons. The average molecular weight is 157 g/mol. The van der Waals surface area contributed by atoms with Crippen LogP contribution in [-0.2, 0) is 6.42 Å². The first kappa shape index (κ1) is 7.29. The molecule has 1 aromatic rings. The molecule has 0 atom stereocenters. The van der Waals surface area contributed by atoms with Crippen LogP contribution in [0, 0.1) is 0 Å². The fourth-order valence-corrected chi connectivity index (χ4v) is 1.35. The van der Waals surface area contributed by atoms with Crippen molar-refractivity contribution in [1.82, 2.24) is 4.98 Å². The van der Waals surface area contributed by atoms with Crippen LogP contribution in [0.25, 0.3) is 0 Å². The second-order valence-corrected chi connectivity index (χ2v) is 2.91. The number of rotatable bonds is 2. The molecule has 0 saturated carbocycles. The van der Waals surface area contributed by atoms with Crippen LogP contribution in [0.5, 0.6) is 0 Å². The Morgan fingerprint density at radius 2 is 2.33 bits per heavy atom. The maximum absolute atomic E-state index is 4.27. The van der Waals surface area contributed by atoms with Crippen molar-refractivity contribution in [2.45, 2.75) is 12.8 Å². The Kier molecular flexibility index (Phi) is 2.04. The molecule has 0 amide bonds. The van der Waals surface area contributed by atoms with Gasteiger partial charge < -0.3 is 0 Å². The van der Waals surface area contributed by atoms with E-state index >= 15 is 0 Å². The van der Waals surface area contributed by atoms with E-state index in [4.69, 9.17) is 0 Å². The zero-order valence-electron chi connectivity index (χ0n) is 6.90. The lowest BCUT2D eigenvalue weighted by molar-refractivity contribution is 1.08. The summed E-state index contributed by atoms with van der Waals surface area (Å²) in [5.41, 5.74) is 2.53. The SMILES string of the molecule is C1=CC(Cc2ccccn2)=CC1. The standard InChI is InChI=1S/C11H11N/c1-2-6-10(5-1)9-11-7-3-4-8-12-11/h1,3-8H,2,9H2. The Morgan fingerprint density at radius 1 is 1.33 bits per heavy atom. The van der Waals surface area contributed by atoms with E-state index in [1.165, 1.54) is 5.57 Å². The summed E-state index contributed by atoms with van der Waals surface area (Å²) in [5.74, 6) is 0. The highest BCUT2D eigenvalue weighted by Crippen LogP contribution is 2.13. The molecule has 1 aliphatic rings. The Hall–Kier alpha value is -1.37. The summed E-state index contributed by atoms with van der Waals surface area (Å²) >= 11 is 0. The van der Waals surface area contributed by atoms with Crippen LogP contribution in [0.15, 0.2) is 48.2 Å². The van der Waals surface area contributed by atoms with E-state index in [0.29, 0.717) is 0 Å². The second kappa shape index (κ2) is 3.35. The minimum absolute atomic E-state index is 0.970. The highest BCUT2D eigenvalue weighted by Gasteiger charge is 1.99. The van der Waals surface area contributed by atoms with Gasteiger partial charge in [0.15, 0.2) is 0 Å². The van der Waals surface area contributed by atoms with Gasteiger partial charge in [-0.25, -0.2) is 0 Å². The highest BCUT2D eigenvalue weighted by molar-refractivity contribution is 5.29. The molecule has 1 heterocycles. The van der Waals surface area contributed by atoms with Gasteiger partial charge in [-0.3, -0.25) is 4.98 Å². The van der Waals surface area contributed by atoms with Gasteiger partial charge in [-0.1, -0.05) is 24.3 Å². The Labute approximate surface area is 72.5 Å². The number of aromatic nitrogens is 1. The third-order valence-electron chi connectivity index (χ3n) is 1.96. The molecule has 2 rings (SSSR count). The number of hydrogen-bond donors (Lipinski definition) is 0. The molecule has 1 nitrogen and oxygen atoms in total. The van der Waals surface area contributed by atoms with Gasteiger partial charge in [-0.2, -0.15) is 0 Å². The van der Waals surface area contributed by atoms with Crippen LogP contribution in [0.4, 0.5) is 0 Å². The number of hydrogen-bond acceptors (Lipinski definition) is 1. The number of pyridine rings is 1. The normalized spacial score (nSPS) is 14.8. The maximum Gasteiger partial charge on any atom is 0.0447 e. The van der Waals surface area contributed by atoms with E-state index in [0.717, 1.165) is 18.5 Å². The predicted molar refractivity (Wildman–Crippen MR) is 49.8 cm³/mol. The van der Waals surface area contributed by atoms with Crippen LogP contribution in [0.2, 0.25) is 0 Å². The van der Waals surface area contributed by atoms with Crippen molar-refractivity contribution in [3.05, 3.63) is 53.9 Å². The van der Waals surface area contributed by atoms with Crippen molar-refractivity contribution in [3.8, 4) is 0 Å². The monoisotopic (exact) mass is 157 g/mol. The van der Waals surface area contributed by atoms with E-state index in [-0.39, 0.29) is 0 Å². The topological polar surface area (TPSA) is 12.9 Å². The molecule has 1 heteroatoms. The zero-order valence-corrected chi connectivity index (χ0v) is 6.90. The van der Waals surface area contributed by atoms with Crippen molar-refractivity contribution in [3.63, 3.8) is 0 Å². The summed E-state index contributed by atoms with van der Waals surface area (Å²) in [7, 11) is 0. The van der Waals surface area contributed by atoms with Crippen LogP contribution in [-0.4, -0.2) is 4.98 Å². The lowest BCUT2D eigenvalue weighted by Gasteiger charge is -1.97. The van der Waals surface area contributed by atoms with Crippen LogP contribution >= 0.6 is 0 Å². The van der Waals surface area contributed by atoms with Gasteiger partial charge >= 0.3 is 0 Å². The summed E-state index contributed by atoms with van der Waals surface area (Å²) in [6.07, 6.45) is 10.5. The predicted octanol–water partition coefficient (Wildman–Crippen LogP) is 2.51. The number of allylic oxidation sites excluding steroid dienone is 4. The van der Waals surface area contributed by atoms with E-state index in [9.17, 15) is 0 Å². The van der Waals surface area contributed by atoms with Crippen LogP contribution < -0.4 is 0 Å². The van der Waals surface area contributed by atoms with Crippen LogP contribution in [0.1, 0.15) is 12.1 Å². The second-order valence-electron chi connectivity index (χ2n) is 2.91. The molecule has 1 aliphatic carbocycles. The zero-order chi connectivity index (χ0) is 8.23. The third-order valence-corrected chi connectivity index (χ3v) is 1.96. The maximum atomic E-state index is 4.27. The van der Waals surface area contributed by atoms with E-state index in [1.54, 1.807) is 0 Å². The van der Waals surface area contributed by atoms with Crippen molar-refractivity contribution < 1.29 is 0 Å². The quantitative estimate of drug-likeness (QED) is 0.642. The van der Waals surface area contributed by atoms with Crippen LogP contribution in [0.3, 0.4) is 0 Å². The van der Waals surface area contributed by atoms with Gasteiger partial charge in [-0.15, -0.1) is 0 Å². The first-order valence-electron chi connectivity index (χ1n) is 4.20. The summed E-state index contributed by atoms with van der Waals surface area (Å²) in [4.78, 5) is 4.27. The lowest BCUT2D eigenvalue weighted by atomic mass is 10.1. The van der Waals surface area contributed by atoms with Crippen molar-refractivity contribution in [2.75, 3.05) is 0 Å². The lowest BCUT2D eigenvalue weighted by Crippen LogP contribution is -1.89. The van der Waals surface area contributed by atoms with Gasteiger partial charge in [0.05, 0.1) is 0 Å². The van der Waals surface area contributed by atoms with Gasteiger partial charge in [0.2, 0.25) is 0 Å². The number of nitrogens with zero attached hydrogens (tertiary/aromatic N) is 1. The molecule has 0 saturated heterocycles. The summed E-state index contributed by atoms with van der Waals surface area (Å²) < 4.78 is 0. The summed E-state index contributed by atoms with van der Waals surface area (Å²) in [6, 6.07) is 6.04. The molecular formula is C11H11N. The fraction of sp³-hybridized carbons (Fsp3) is 0.182. The largest absolute Gasteiger partial charge is 0.261 e. The summed E-state index contributed by atoms with van der Waals surface area (Å²) in [5, 5.41) is 0. The Morgan fingerprint density at radius 3 is 3.00 bits per heavy atom. The third kappa shape index (κ3) is 1.62. The van der Waals surface area contributed by atoms with Crippen molar-refractivity contribution >= 4 is 0 Å². The molecule has 0 aliphatic heterocycles. The molecule has 1 aromatic heterocycles. The van der Waals surface area contributed by atoms with E-state index < -0.39 is 0 Å². The van der Waals surface area contributed by atoms with Gasteiger partial charge in [0.25, 0.3) is 0 Å². The van der Waals surface area contributed by atoms with E-state index in [1.807, 2.05) is 18.3 Å². The minimum Gasteiger partial charge on any atom is -0.261 e. The first-order valence-corrected chi connectivity index (χ1v) is 4.20. The first-order chi connectivity index (χ1) is 5.95. The molecule has 0 spiro atoms. The Balaban J connectivity index is 2.09. The molecule has 0 unspecified atom stereocenters. The van der Waals surface area contributed by atoms with Crippen molar-refractivity contribution in [1.29, 1.82) is 0 Å². The fourth-order valence-electron chi connectivity index (χ4n) is 1.35. The van der Waals surface area contributed by atoms with Gasteiger partial charge in [0.1, 0.15) is 0 Å². The van der Waals surface area contributed by atoms with E-state index in [2.05, 4.69) is 29.3 Å². The summed E-state index contributed by atoms with van der Waals surface area (Å²) in [6.45, 7) is 0. The molecule has 0 radical (unpaired) electrons.